The van der Waals surface area contributed by atoms with Crippen LogP contribution in [0.2, 0.25) is 5.02 Å². The fourth-order valence-electron chi connectivity index (χ4n) is 4.13. The first-order chi connectivity index (χ1) is 17.4. The van der Waals surface area contributed by atoms with Crippen molar-refractivity contribution in [3.63, 3.8) is 0 Å². The summed E-state index contributed by atoms with van der Waals surface area (Å²) in [6, 6.07) is 2.84. The molecule has 0 aliphatic carbocycles. The number of nitrogens with one attached hydrogen (secondary N) is 2. The Morgan fingerprint density at radius 3 is 3.00 bits per heavy atom. The molecule has 3 aromatic rings. The summed E-state index contributed by atoms with van der Waals surface area (Å²) < 4.78 is 29.8. The van der Waals surface area contributed by atoms with Crippen LogP contribution < -0.4 is 5.32 Å². The van der Waals surface area contributed by atoms with E-state index in [0.717, 1.165) is 0 Å². The zero-order valence-electron chi connectivity index (χ0n) is 18.9. The summed E-state index contributed by atoms with van der Waals surface area (Å²) in [5.74, 6) is -0.103. The van der Waals surface area contributed by atoms with Crippen LogP contribution in [-0.2, 0) is 14.3 Å². The van der Waals surface area contributed by atoms with Gasteiger partial charge in [0.15, 0.2) is 16.7 Å². The molecule has 188 valence electrons. The van der Waals surface area contributed by atoms with Crippen LogP contribution >= 0.6 is 35.2 Å². The first-order valence-electron chi connectivity index (χ1n) is 10.8. The van der Waals surface area contributed by atoms with E-state index in [2.05, 4.69) is 25.3 Å². The number of hydrogen-bond donors (Lipinski definition) is 2. The second kappa shape index (κ2) is 10.6. The number of H-pyrrole nitrogens is 1. The van der Waals surface area contributed by atoms with Gasteiger partial charge in [-0.25, -0.2) is 19.3 Å². The van der Waals surface area contributed by atoms with Crippen LogP contribution in [0.15, 0.2) is 50.6 Å². The van der Waals surface area contributed by atoms with Crippen LogP contribution in [-0.4, -0.2) is 65.2 Å². The molecule has 0 bridgehead atoms. The number of carbonyl (C=O) groups excluding carboxylic acids is 1. The van der Waals surface area contributed by atoms with E-state index in [0.29, 0.717) is 47.7 Å². The van der Waals surface area contributed by atoms with Crippen LogP contribution in [0.25, 0.3) is 0 Å². The van der Waals surface area contributed by atoms with Crippen LogP contribution in [0.5, 0.6) is 0 Å². The summed E-state index contributed by atoms with van der Waals surface area (Å²) >= 11 is 12.8. The smallest absolute Gasteiger partial charge is 0.338 e. The number of aromatic nitrogens is 3. The zero-order valence-corrected chi connectivity index (χ0v) is 21.3. The van der Waals surface area contributed by atoms with Gasteiger partial charge < -0.3 is 19.3 Å². The van der Waals surface area contributed by atoms with Gasteiger partial charge in [0.05, 0.1) is 31.9 Å². The maximum Gasteiger partial charge on any atom is 0.338 e. The van der Waals surface area contributed by atoms with Crippen LogP contribution in [0.3, 0.4) is 0 Å². The highest BCUT2D eigenvalue weighted by molar-refractivity contribution is 7.71. The number of morpholine rings is 1. The molecule has 2 aliphatic heterocycles. The highest BCUT2D eigenvalue weighted by atomic mass is 35.5. The molecule has 2 atom stereocenters. The monoisotopic (exact) mass is 550 g/mol. The van der Waals surface area contributed by atoms with Gasteiger partial charge in [0, 0.05) is 40.9 Å². The van der Waals surface area contributed by atoms with E-state index in [-0.39, 0.29) is 28.0 Å². The lowest BCUT2D eigenvalue weighted by Gasteiger charge is -2.36. The number of benzene rings is 1. The van der Waals surface area contributed by atoms with Gasteiger partial charge in [0.2, 0.25) is 0 Å². The first-order valence-corrected chi connectivity index (χ1v) is 12.5. The minimum atomic E-state index is -0.849. The quantitative estimate of drug-likeness (QED) is 0.351. The Hall–Kier alpha value is -2.97. The topological polar surface area (TPSA) is 118 Å². The van der Waals surface area contributed by atoms with E-state index >= 15 is 0 Å². The SMILES string of the molecule is COC(=O)C1=C(CN2CCOC[C@H]2c2nc(=S)o[nH]2)NC(c2nccs2)=N[C@H]1c1ccc(F)cc1Cl. The maximum atomic E-state index is 13.8. The zero-order chi connectivity index (χ0) is 25.2. The molecular formula is C22H20ClFN6O4S2. The molecule has 4 heterocycles. The maximum absolute atomic E-state index is 13.8. The Kier molecular flexibility index (Phi) is 7.25. The molecule has 36 heavy (non-hydrogen) atoms. The van der Waals surface area contributed by atoms with Gasteiger partial charge in [-0.05, 0) is 24.4 Å². The molecule has 0 unspecified atom stereocenters. The number of carbonyl (C=O) groups is 1. The average molecular weight is 551 g/mol. The number of rotatable bonds is 6. The standard InChI is InChI=1S/C22H20ClFN6O4S2/c1-32-21(31)16-14(9-30-5-6-33-10-15(30)18-28-22(35)34-29-18)26-19(20-25-4-7-36-20)27-17(16)12-3-2-11(24)8-13(12)23/h2-4,7-8,15,17H,5-6,9-10H2,1H3,(H,26,27)(H,28,29,35)/t15-,17-/m0/s1. The van der Waals surface area contributed by atoms with Crippen LogP contribution in [0, 0.1) is 10.7 Å². The third-order valence-electron chi connectivity index (χ3n) is 5.79. The average Bonchev–Trinajstić information content (AvgIpc) is 3.56. The molecule has 5 rings (SSSR count). The first kappa shape index (κ1) is 24.7. The van der Waals surface area contributed by atoms with Gasteiger partial charge >= 0.3 is 10.8 Å². The molecular weight excluding hydrogens is 531 g/mol. The highest BCUT2D eigenvalue weighted by Gasteiger charge is 2.36. The Balaban J connectivity index is 1.60. The lowest BCUT2D eigenvalue weighted by molar-refractivity contribution is -0.136. The number of amidine groups is 1. The Morgan fingerprint density at radius 2 is 2.31 bits per heavy atom. The Bertz CT molecular complexity index is 1390. The van der Waals surface area contributed by atoms with Crippen molar-refractivity contribution in [3.8, 4) is 0 Å². The number of aromatic amines is 1. The predicted molar refractivity (Wildman–Crippen MR) is 132 cm³/mol. The van der Waals surface area contributed by atoms with E-state index in [4.69, 9.17) is 42.8 Å². The molecule has 0 amide bonds. The number of halogens is 2. The largest absolute Gasteiger partial charge is 0.466 e. The summed E-state index contributed by atoms with van der Waals surface area (Å²) in [4.78, 5) is 28.6. The summed E-state index contributed by atoms with van der Waals surface area (Å²) in [5.41, 5.74) is 1.26. The van der Waals surface area contributed by atoms with Crippen molar-refractivity contribution >= 4 is 47.0 Å². The number of methoxy groups -OCH3 is 1. The number of ether oxygens (including phenoxy) is 2. The minimum Gasteiger partial charge on any atom is -0.466 e. The number of nitrogens with zero attached hydrogens (tertiary/aromatic N) is 4. The van der Waals surface area contributed by atoms with Gasteiger partial charge in [-0.3, -0.25) is 9.89 Å². The van der Waals surface area contributed by atoms with Gasteiger partial charge in [-0.2, -0.15) is 4.98 Å². The lowest BCUT2D eigenvalue weighted by Crippen LogP contribution is -2.45. The molecule has 2 aliphatic rings. The fourth-order valence-corrected chi connectivity index (χ4v) is 5.13. The van der Waals surface area contributed by atoms with Crippen molar-refractivity contribution in [2.24, 2.45) is 4.99 Å². The molecule has 0 radical (unpaired) electrons. The molecule has 10 nitrogen and oxygen atoms in total. The summed E-state index contributed by atoms with van der Waals surface area (Å²) in [6.07, 6.45) is 1.66. The molecule has 2 N–H and O–H groups in total. The van der Waals surface area contributed by atoms with Crippen molar-refractivity contribution in [1.29, 1.82) is 0 Å². The van der Waals surface area contributed by atoms with E-state index in [1.165, 1.54) is 36.6 Å². The molecule has 0 saturated carbocycles. The molecule has 0 spiro atoms. The van der Waals surface area contributed by atoms with Gasteiger partial charge in [-0.15, -0.1) is 11.3 Å². The van der Waals surface area contributed by atoms with Crippen LogP contribution in [0.4, 0.5) is 4.39 Å². The highest BCUT2D eigenvalue weighted by Crippen LogP contribution is 2.37. The van der Waals surface area contributed by atoms with E-state index in [1.807, 2.05) is 5.38 Å². The number of thiazole rings is 1. The van der Waals surface area contributed by atoms with Gasteiger partial charge in [0.1, 0.15) is 11.9 Å². The van der Waals surface area contributed by atoms with E-state index in [9.17, 15) is 9.18 Å². The predicted octanol–water partition coefficient (Wildman–Crippen LogP) is 3.57. The molecule has 14 heteroatoms. The van der Waals surface area contributed by atoms with Crippen LogP contribution in [0.1, 0.15) is 28.5 Å². The molecule has 1 aromatic carbocycles. The van der Waals surface area contributed by atoms with Crippen molar-refractivity contribution in [2.45, 2.75) is 12.1 Å². The number of hydrogen-bond acceptors (Lipinski definition) is 11. The van der Waals surface area contributed by atoms with Crippen molar-refractivity contribution in [3.05, 3.63) is 73.1 Å². The second-order valence-electron chi connectivity index (χ2n) is 7.92. The third-order valence-corrected chi connectivity index (χ3v) is 7.08. The Morgan fingerprint density at radius 1 is 1.44 bits per heavy atom. The summed E-state index contributed by atoms with van der Waals surface area (Å²) in [7, 11) is 1.29. The Labute approximate surface area is 218 Å². The van der Waals surface area contributed by atoms with Gasteiger partial charge in [0.25, 0.3) is 0 Å². The fraction of sp³-hybridized carbons (Fsp3) is 0.318. The summed E-state index contributed by atoms with van der Waals surface area (Å²) in [5, 5.41) is 8.61. The van der Waals surface area contributed by atoms with Crippen molar-refractivity contribution in [2.75, 3.05) is 33.4 Å². The minimum absolute atomic E-state index is 0.0879. The molecule has 1 saturated heterocycles. The second-order valence-corrected chi connectivity index (χ2v) is 9.57. The molecule has 1 fully saturated rings. The van der Waals surface area contributed by atoms with Crippen molar-refractivity contribution in [1.82, 2.24) is 25.3 Å². The third kappa shape index (κ3) is 4.97. The van der Waals surface area contributed by atoms with Crippen molar-refractivity contribution < 1.29 is 23.2 Å². The normalized spacial score (nSPS) is 20.7. The summed E-state index contributed by atoms with van der Waals surface area (Å²) in [6.45, 7) is 1.66. The number of aliphatic imine (C=N–C) groups is 1. The van der Waals surface area contributed by atoms with E-state index < -0.39 is 17.8 Å². The lowest BCUT2D eigenvalue weighted by atomic mass is 9.95. The molecule has 2 aromatic heterocycles. The number of esters is 1. The van der Waals surface area contributed by atoms with Gasteiger partial charge in [-0.1, -0.05) is 17.7 Å². The van der Waals surface area contributed by atoms with E-state index in [1.54, 1.807) is 6.20 Å².